The average Bonchev–Trinajstić information content (AvgIpc) is 3.05. The molecular formula is C19H20N4O2. The summed E-state index contributed by atoms with van der Waals surface area (Å²) >= 11 is 0. The van der Waals surface area contributed by atoms with Crippen LogP contribution in [0.2, 0.25) is 0 Å². The first-order valence-electron chi connectivity index (χ1n) is 8.40. The van der Waals surface area contributed by atoms with E-state index in [1.54, 1.807) is 53.6 Å². The van der Waals surface area contributed by atoms with E-state index in [0.717, 1.165) is 11.5 Å². The molecule has 6 heteroatoms. The number of carbonyl (C=O) groups excluding carboxylic acids is 1. The zero-order valence-electron chi connectivity index (χ0n) is 14.3. The van der Waals surface area contributed by atoms with Crippen LogP contribution in [0.1, 0.15) is 41.1 Å². The van der Waals surface area contributed by atoms with Gasteiger partial charge in [-0.3, -0.25) is 9.36 Å². The highest BCUT2D eigenvalue weighted by molar-refractivity contribution is 5.94. The zero-order valence-corrected chi connectivity index (χ0v) is 14.3. The summed E-state index contributed by atoms with van der Waals surface area (Å²) in [6.45, 7) is 2.67. The van der Waals surface area contributed by atoms with Crippen molar-refractivity contribution in [3.8, 4) is 5.82 Å². The average molecular weight is 336 g/mol. The summed E-state index contributed by atoms with van der Waals surface area (Å²) in [5.74, 6) is 3.70. The van der Waals surface area contributed by atoms with Crippen LogP contribution in [0.15, 0.2) is 53.6 Å². The molecule has 0 aliphatic heterocycles. The van der Waals surface area contributed by atoms with E-state index in [-0.39, 0.29) is 5.91 Å². The number of aromatic nitrogens is 3. The summed E-state index contributed by atoms with van der Waals surface area (Å²) in [5, 5.41) is 0. The predicted octanol–water partition coefficient (Wildman–Crippen LogP) is 3.26. The monoisotopic (exact) mass is 336 g/mol. The molecular weight excluding hydrogens is 316 g/mol. The smallest absolute Gasteiger partial charge is 0.254 e. The fraction of sp³-hybridized carbons (Fsp3) is 0.316. The number of imidazole rings is 1. The van der Waals surface area contributed by atoms with Gasteiger partial charge in [-0.05, 0) is 36.6 Å². The number of rotatable bonds is 5. The van der Waals surface area contributed by atoms with Crippen molar-refractivity contribution in [1.29, 1.82) is 0 Å². The van der Waals surface area contributed by atoms with Crippen molar-refractivity contribution in [1.82, 2.24) is 19.4 Å². The van der Waals surface area contributed by atoms with Gasteiger partial charge in [-0.15, -0.1) is 0 Å². The fourth-order valence-corrected chi connectivity index (χ4v) is 3.01. The van der Waals surface area contributed by atoms with Gasteiger partial charge in [-0.2, -0.15) is 0 Å². The summed E-state index contributed by atoms with van der Waals surface area (Å²) in [7, 11) is 1.78. The Morgan fingerprint density at radius 3 is 2.92 bits per heavy atom. The van der Waals surface area contributed by atoms with Crippen LogP contribution in [-0.2, 0) is 6.54 Å². The Hall–Kier alpha value is -2.89. The third-order valence-electron chi connectivity index (χ3n) is 4.66. The number of pyridine rings is 1. The van der Waals surface area contributed by atoms with Gasteiger partial charge in [0.1, 0.15) is 23.7 Å². The van der Waals surface area contributed by atoms with E-state index in [1.165, 1.54) is 6.42 Å². The Labute approximate surface area is 146 Å². The van der Waals surface area contributed by atoms with E-state index in [1.807, 2.05) is 12.1 Å². The van der Waals surface area contributed by atoms with Crippen molar-refractivity contribution in [3.05, 3.63) is 66.3 Å². The summed E-state index contributed by atoms with van der Waals surface area (Å²) in [6, 6.07) is 7.48. The summed E-state index contributed by atoms with van der Waals surface area (Å²) in [5.41, 5.74) is 0.587. The second-order valence-corrected chi connectivity index (χ2v) is 6.66. The minimum Gasteiger partial charge on any atom is -0.464 e. The maximum Gasteiger partial charge on any atom is 0.254 e. The topological polar surface area (TPSA) is 64.2 Å². The maximum atomic E-state index is 12.7. The SMILES string of the molecule is C[C@@H]1C[C@@H]1c1ccc(CN(C)C(=O)c2ccnc(-n3ccnc3)c2)o1. The van der Waals surface area contributed by atoms with E-state index in [4.69, 9.17) is 4.42 Å². The van der Waals surface area contributed by atoms with Crippen LogP contribution in [0.4, 0.5) is 0 Å². The maximum absolute atomic E-state index is 12.7. The van der Waals surface area contributed by atoms with E-state index in [0.29, 0.717) is 29.8 Å². The molecule has 6 nitrogen and oxygen atoms in total. The number of amides is 1. The third kappa shape index (κ3) is 3.20. The molecule has 4 rings (SSSR count). The molecule has 0 radical (unpaired) electrons. The molecule has 3 aromatic rings. The molecule has 1 amide bonds. The number of furan rings is 1. The van der Waals surface area contributed by atoms with Crippen LogP contribution in [0.25, 0.3) is 5.82 Å². The first-order valence-corrected chi connectivity index (χ1v) is 8.40. The summed E-state index contributed by atoms with van der Waals surface area (Å²) in [6.07, 6.45) is 7.95. The lowest BCUT2D eigenvalue weighted by Crippen LogP contribution is -2.26. The van der Waals surface area contributed by atoms with Crippen LogP contribution < -0.4 is 0 Å². The number of carbonyl (C=O) groups is 1. The first kappa shape index (κ1) is 15.6. The van der Waals surface area contributed by atoms with Crippen molar-refractivity contribution in [2.75, 3.05) is 7.05 Å². The standard InChI is InChI=1S/C19H20N4O2/c1-13-9-16(13)17-4-3-15(25-17)11-22(2)19(24)14-5-6-21-18(10-14)23-8-7-20-12-23/h3-8,10,12-13,16H,9,11H2,1-2H3/t13-,16+/m1/s1. The molecule has 0 spiro atoms. The molecule has 0 bridgehead atoms. The molecule has 128 valence electrons. The van der Waals surface area contributed by atoms with Crippen LogP contribution in [0, 0.1) is 5.92 Å². The molecule has 1 aliphatic carbocycles. The van der Waals surface area contributed by atoms with Crippen molar-refractivity contribution in [3.63, 3.8) is 0 Å². The van der Waals surface area contributed by atoms with Gasteiger partial charge in [0.05, 0.1) is 6.54 Å². The van der Waals surface area contributed by atoms with E-state index in [9.17, 15) is 4.79 Å². The molecule has 0 N–H and O–H groups in total. The lowest BCUT2D eigenvalue weighted by atomic mass is 10.2. The largest absolute Gasteiger partial charge is 0.464 e. The Kier molecular flexibility index (Phi) is 3.87. The number of hydrogen-bond donors (Lipinski definition) is 0. The highest BCUT2D eigenvalue weighted by Crippen LogP contribution is 2.47. The van der Waals surface area contributed by atoms with Gasteiger partial charge in [-0.25, -0.2) is 9.97 Å². The van der Waals surface area contributed by atoms with Crippen molar-refractivity contribution >= 4 is 5.91 Å². The van der Waals surface area contributed by atoms with E-state index >= 15 is 0 Å². The second kappa shape index (κ2) is 6.20. The zero-order chi connectivity index (χ0) is 17.4. The van der Waals surface area contributed by atoms with Crippen molar-refractivity contribution in [2.24, 2.45) is 5.92 Å². The second-order valence-electron chi connectivity index (χ2n) is 6.66. The summed E-state index contributed by atoms with van der Waals surface area (Å²) in [4.78, 5) is 22.7. The Bertz CT molecular complexity index is 884. The normalized spacial score (nSPS) is 19.0. The van der Waals surface area contributed by atoms with Crippen LogP contribution in [-0.4, -0.2) is 32.4 Å². The van der Waals surface area contributed by atoms with Gasteiger partial charge < -0.3 is 9.32 Å². The van der Waals surface area contributed by atoms with Gasteiger partial charge >= 0.3 is 0 Å². The number of hydrogen-bond acceptors (Lipinski definition) is 4. The van der Waals surface area contributed by atoms with E-state index < -0.39 is 0 Å². The van der Waals surface area contributed by atoms with Gasteiger partial charge in [0, 0.05) is 37.1 Å². The van der Waals surface area contributed by atoms with Gasteiger partial charge in [0.25, 0.3) is 5.91 Å². The Morgan fingerprint density at radius 1 is 1.36 bits per heavy atom. The molecule has 1 aliphatic rings. The highest BCUT2D eigenvalue weighted by Gasteiger charge is 2.36. The van der Waals surface area contributed by atoms with E-state index in [2.05, 4.69) is 16.9 Å². The molecule has 3 aromatic heterocycles. The van der Waals surface area contributed by atoms with Gasteiger partial charge in [0.15, 0.2) is 0 Å². The minimum absolute atomic E-state index is 0.0681. The third-order valence-corrected chi connectivity index (χ3v) is 4.66. The predicted molar refractivity (Wildman–Crippen MR) is 92.4 cm³/mol. The van der Waals surface area contributed by atoms with Gasteiger partial charge in [-0.1, -0.05) is 6.92 Å². The van der Waals surface area contributed by atoms with Crippen molar-refractivity contribution < 1.29 is 9.21 Å². The molecule has 1 fully saturated rings. The molecule has 0 saturated heterocycles. The first-order chi connectivity index (χ1) is 12.1. The fourth-order valence-electron chi connectivity index (χ4n) is 3.01. The molecule has 0 aromatic carbocycles. The quantitative estimate of drug-likeness (QED) is 0.717. The highest BCUT2D eigenvalue weighted by atomic mass is 16.3. The number of nitrogens with zero attached hydrogens (tertiary/aromatic N) is 4. The van der Waals surface area contributed by atoms with Crippen molar-refractivity contribution in [2.45, 2.75) is 25.8 Å². The minimum atomic E-state index is -0.0681. The Balaban J connectivity index is 1.47. The molecule has 1 saturated carbocycles. The van der Waals surface area contributed by atoms with Crippen LogP contribution in [0.5, 0.6) is 0 Å². The molecule has 2 atom stereocenters. The summed E-state index contributed by atoms with van der Waals surface area (Å²) < 4.78 is 7.67. The van der Waals surface area contributed by atoms with Crippen LogP contribution >= 0.6 is 0 Å². The lowest BCUT2D eigenvalue weighted by Gasteiger charge is -2.16. The lowest BCUT2D eigenvalue weighted by molar-refractivity contribution is 0.0774. The van der Waals surface area contributed by atoms with Crippen LogP contribution in [0.3, 0.4) is 0 Å². The Morgan fingerprint density at radius 2 is 2.20 bits per heavy atom. The van der Waals surface area contributed by atoms with Gasteiger partial charge in [0.2, 0.25) is 0 Å². The molecule has 25 heavy (non-hydrogen) atoms. The molecule has 3 heterocycles. The molecule has 0 unspecified atom stereocenters.